The second kappa shape index (κ2) is 7.97. The Morgan fingerprint density at radius 3 is 2.46 bits per heavy atom. The zero-order valence-electron chi connectivity index (χ0n) is 14.7. The largest absolute Gasteiger partial charge is 0.508 e. The summed E-state index contributed by atoms with van der Waals surface area (Å²) in [5, 5.41) is 15.4. The van der Waals surface area contributed by atoms with Crippen LogP contribution in [-0.2, 0) is 9.59 Å². The average Bonchev–Trinajstić information content (AvgIpc) is 2.66. The molecule has 2 aromatic carbocycles. The van der Waals surface area contributed by atoms with Gasteiger partial charge >= 0.3 is 0 Å². The maximum Gasteiger partial charge on any atom is 0.271 e. The van der Waals surface area contributed by atoms with Crippen LogP contribution < -0.4 is 15.6 Å². The molecule has 3 amide bonds. The number of benzene rings is 2. The number of hydrogen-bond donors (Lipinski definition) is 3. The van der Waals surface area contributed by atoms with Crippen molar-refractivity contribution in [2.75, 3.05) is 4.90 Å². The van der Waals surface area contributed by atoms with Gasteiger partial charge in [0, 0.05) is 11.8 Å². The van der Waals surface area contributed by atoms with Gasteiger partial charge in [-0.05, 0) is 55.5 Å². The first-order valence-electron chi connectivity index (χ1n) is 8.25. The van der Waals surface area contributed by atoms with E-state index in [1.54, 1.807) is 12.1 Å². The summed E-state index contributed by atoms with van der Waals surface area (Å²) in [6.45, 7) is 1.91. The normalized spacial score (nSPS) is 17.0. The lowest BCUT2D eigenvalue weighted by Crippen LogP contribution is -2.58. The fraction of sp³-hybridized carbons (Fsp3) is 0.105. The van der Waals surface area contributed by atoms with Crippen molar-refractivity contribution in [3.8, 4) is 5.75 Å². The van der Waals surface area contributed by atoms with Gasteiger partial charge < -0.3 is 10.4 Å². The predicted octanol–water partition coefficient (Wildman–Crippen LogP) is 1.48. The minimum atomic E-state index is -1.24. The lowest BCUT2D eigenvalue weighted by molar-refractivity contribution is -0.130. The maximum absolute atomic E-state index is 12.8. The fourth-order valence-electron chi connectivity index (χ4n) is 2.51. The standard InChI is InChI=1S/C19H16N4O4S/c1-11-2-6-13(7-3-11)23-18(27)15(17(26)21-19(23)28)10-20-22-16(25)12-4-8-14(24)9-5-12/h2-10,15,24H,1H3,(H,22,25)(H,21,26,28)/b20-10+/t15-/m0/s1. The molecule has 0 aromatic heterocycles. The van der Waals surface area contributed by atoms with Gasteiger partial charge in [-0.15, -0.1) is 0 Å². The van der Waals surface area contributed by atoms with Gasteiger partial charge in [-0.1, -0.05) is 17.7 Å². The van der Waals surface area contributed by atoms with Crippen LogP contribution in [0.5, 0.6) is 5.75 Å². The molecule has 1 aliphatic heterocycles. The van der Waals surface area contributed by atoms with E-state index in [1.807, 2.05) is 19.1 Å². The van der Waals surface area contributed by atoms with E-state index in [4.69, 9.17) is 12.2 Å². The Morgan fingerprint density at radius 1 is 1.18 bits per heavy atom. The SMILES string of the molecule is Cc1ccc(N2C(=O)[C@@H](/C=N/NC(=O)c3ccc(O)cc3)C(=O)NC2=S)cc1. The molecule has 3 rings (SSSR count). The number of hydrazone groups is 1. The van der Waals surface area contributed by atoms with Gasteiger partial charge in [0.1, 0.15) is 5.75 Å². The van der Waals surface area contributed by atoms with Gasteiger partial charge in [-0.3, -0.25) is 19.3 Å². The Kier molecular flexibility index (Phi) is 5.46. The van der Waals surface area contributed by atoms with E-state index >= 15 is 0 Å². The number of carbonyl (C=O) groups excluding carboxylic acids is 3. The number of phenolic OH excluding ortho intramolecular Hbond substituents is 1. The number of thiocarbonyl (C=S) groups is 1. The highest BCUT2D eigenvalue weighted by molar-refractivity contribution is 7.80. The summed E-state index contributed by atoms with van der Waals surface area (Å²) >= 11 is 5.12. The third kappa shape index (κ3) is 4.04. The molecule has 0 radical (unpaired) electrons. The van der Waals surface area contributed by atoms with Crippen molar-refractivity contribution < 1.29 is 19.5 Å². The zero-order chi connectivity index (χ0) is 20.3. The third-order valence-corrected chi connectivity index (χ3v) is 4.30. The number of anilines is 1. The molecule has 28 heavy (non-hydrogen) atoms. The molecule has 0 saturated carbocycles. The Hall–Kier alpha value is -3.59. The molecular formula is C19H16N4O4S. The molecule has 0 aliphatic carbocycles. The molecule has 1 aliphatic rings. The van der Waals surface area contributed by atoms with Gasteiger partial charge in [0.25, 0.3) is 11.8 Å². The number of nitrogens with one attached hydrogen (secondary N) is 2. The second-order valence-corrected chi connectivity index (χ2v) is 6.43. The summed E-state index contributed by atoms with van der Waals surface area (Å²) in [6, 6.07) is 12.6. The molecule has 142 valence electrons. The molecular weight excluding hydrogens is 380 g/mol. The van der Waals surface area contributed by atoms with Crippen LogP contribution in [0.4, 0.5) is 5.69 Å². The van der Waals surface area contributed by atoms with Crippen LogP contribution in [0.15, 0.2) is 53.6 Å². The van der Waals surface area contributed by atoms with Crippen LogP contribution >= 0.6 is 12.2 Å². The van der Waals surface area contributed by atoms with E-state index in [-0.39, 0.29) is 16.4 Å². The molecule has 8 nitrogen and oxygen atoms in total. The van der Waals surface area contributed by atoms with Gasteiger partial charge in [-0.25, -0.2) is 5.43 Å². The minimum Gasteiger partial charge on any atom is -0.508 e. The highest BCUT2D eigenvalue weighted by Gasteiger charge is 2.38. The number of aromatic hydroxyl groups is 1. The number of hydrogen-bond acceptors (Lipinski definition) is 6. The molecule has 9 heteroatoms. The van der Waals surface area contributed by atoms with Crippen LogP contribution in [-0.4, -0.2) is 34.2 Å². The second-order valence-electron chi connectivity index (χ2n) is 6.05. The summed E-state index contributed by atoms with van der Waals surface area (Å²) in [7, 11) is 0. The van der Waals surface area contributed by atoms with Gasteiger partial charge in [0.15, 0.2) is 11.0 Å². The zero-order valence-corrected chi connectivity index (χ0v) is 15.6. The molecule has 1 fully saturated rings. The summed E-state index contributed by atoms with van der Waals surface area (Å²) < 4.78 is 0. The third-order valence-electron chi connectivity index (χ3n) is 4.01. The quantitative estimate of drug-likeness (QED) is 0.314. The number of carbonyl (C=O) groups is 3. The highest BCUT2D eigenvalue weighted by atomic mass is 32.1. The van der Waals surface area contributed by atoms with Crippen molar-refractivity contribution in [2.45, 2.75) is 6.92 Å². The first-order chi connectivity index (χ1) is 13.4. The maximum atomic E-state index is 12.8. The van der Waals surface area contributed by atoms with Gasteiger partial charge in [0.05, 0.1) is 5.69 Å². The summed E-state index contributed by atoms with van der Waals surface area (Å²) in [5.74, 6) is -2.96. The topological polar surface area (TPSA) is 111 Å². The smallest absolute Gasteiger partial charge is 0.271 e. The fourth-order valence-corrected chi connectivity index (χ4v) is 2.80. The number of phenols is 1. The first kappa shape index (κ1) is 19.2. The Bertz CT molecular complexity index is 970. The van der Waals surface area contributed by atoms with Crippen LogP contribution in [0, 0.1) is 12.8 Å². The summed E-state index contributed by atoms with van der Waals surface area (Å²) in [5.41, 5.74) is 4.04. The molecule has 0 unspecified atom stereocenters. The lowest BCUT2D eigenvalue weighted by atomic mass is 10.1. The number of rotatable bonds is 4. The molecule has 0 spiro atoms. The molecule has 3 N–H and O–H groups in total. The van der Waals surface area contributed by atoms with Crippen molar-refractivity contribution in [1.82, 2.24) is 10.7 Å². The van der Waals surface area contributed by atoms with E-state index < -0.39 is 23.6 Å². The highest BCUT2D eigenvalue weighted by Crippen LogP contribution is 2.20. The Balaban J connectivity index is 1.74. The average molecular weight is 396 g/mol. The van der Waals surface area contributed by atoms with Gasteiger partial charge in [0.2, 0.25) is 5.91 Å². The summed E-state index contributed by atoms with van der Waals surface area (Å²) in [4.78, 5) is 38.1. The molecule has 2 aromatic rings. The van der Waals surface area contributed by atoms with Crippen molar-refractivity contribution in [3.63, 3.8) is 0 Å². The Morgan fingerprint density at radius 2 is 1.82 bits per heavy atom. The predicted molar refractivity (Wildman–Crippen MR) is 107 cm³/mol. The van der Waals surface area contributed by atoms with Crippen molar-refractivity contribution in [3.05, 3.63) is 59.7 Å². The molecule has 1 heterocycles. The monoisotopic (exact) mass is 396 g/mol. The number of aryl methyl sites for hydroxylation is 1. The number of amides is 3. The van der Waals surface area contributed by atoms with Crippen LogP contribution in [0.3, 0.4) is 0 Å². The van der Waals surface area contributed by atoms with Gasteiger partial charge in [-0.2, -0.15) is 5.10 Å². The van der Waals surface area contributed by atoms with E-state index in [9.17, 15) is 19.5 Å². The van der Waals surface area contributed by atoms with Crippen LogP contribution in [0.2, 0.25) is 0 Å². The van der Waals surface area contributed by atoms with E-state index in [2.05, 4.69) is 15.8 Å². The van der Waals surface area contributed by atoms with Crippen LogP contribution in [0.1, 0.15) is 15.9 Å². The van der Waals surface area contributed by atoms with Crippen LogP contribution in [0.25, 0.3) is 0 Å². The Labute approximate surface area is 165 Å². The lowest BCUT2D eigenvalue weighted by Gasteiger charge is -2.30. The summed E-state index contributed by atoms with van der Waals surface area (Å²) in [6.07, 6.45) is 1.05. The molecule has 1 atom stereocenters. The number of nitrogens with zero attached hydrogens (tertiary/aromatic N) is 2. The molecule has 1 saturated heterocycles. The van der Waals surface area contributed by atoms with Crippen molar-refractivity contribution >= 4 is 47.0 Å². The van der Waals surface area contributed by atoms with Crippen molar-refractivity contribution in [2.24, 2.45) is 11.0 Å². The molecule has 0 bridgehead atoms. The van der Waals surface area contributed by atoms with E-state index in [1.165, 1.54) is 29.2 Å². The van der Waals surface area contributed by atoms with E-state index in [0.29, 0.717) is 5.69 Å². The van der Waals surface area contributed by atoms with Crippen molar-refractivity contribution in [1.29, 1.82) is 0 Å². The van der Waals surface area contributed by atoms with E-state index in [0.717, 1.165) is 11.8 Å². The first-order valence-corrected chi connectivity index (χ1v) is 8.65. The minimum absolute atomic E-state index is 0.0170.